The number of alkyl halides is 3. The number of carbonyl (C=O) groups is 1. The molecular formula is C16H16F3N3O4. The zero-order valence-electron chi connectivity index (χ0n) is 13.6. The van der Waals surface area contributed by atoms with E-state index in [9.17, 15) is 33.2 Å². The highest BCUT2D eigenvalue weighted by Gasteiger charge is 2.68. The summed E-state index contributed by atoms with van der Waals surface area (Å²) in [4.78, 5) is 22.5. The predicted octanol–water partition coefficient (Wildman–Crippen LogP) is 2.78. The van der Waals surface area contributed by atoms with Crippen LogP contribution < -0.4 is 0 Å². The van der Waals surface area contributed by atoms with E-state index < -0.39 is 35.1 Å². The Bertz CT molecular complexity index is 763. The minimum atomic E-state index is -5.05. The maximum atomic E-state index is 13.6. The molecule has 10 heteroatoms. The Labute approximate surface area is 146 Å². The van der Waals surface area contributed by atoms with Gasteiger partial charge in [0.25, 0.3) is 11.4 Å². The van der Waals surface area contributed by atoms with Crippen LogP contribution in [-0.2, 0) is 11.2 Å². The van der Waals surface area contributed by atoms with Crippen LogP contribution in [-0.4, -0.2) is 38.6 Å². The molecule has 1 aliphatic heterocycles. The predicted molar refractivity (Wildman–Crippen MR) is 84.0 cm³/mol. The number of rotatable bonds is 3. The number of benzene rings is 1. The summed E-state index contributed by atoms with van der Waals surface area (Å²) in [5.41, 5.74) is -3.06. The smallest absolute Gasteiger partial charge is 0.362 e. The Hall–Kier alpha value is -2.49. The van der Waals surface area contributed by atoms with Gasteiger partial charge < -0.3 is 5.11 Å². The molecule has 0 bridgehead atoms. The minimum Gasteiger partial charge on any atom is -0.362 e. The normalized spacial score (nSPS) is 25.6. The molecule has 1 saturated carbocycles. The molecule has 0 aromatic heterocycles. The van der Waals surface area contributed by atoms with Crippen molar-refractivity contribution in [2.75, 3.05) is 0 Å². The summed E-state index contributed by atoms with van der Waals surface area (Å²) >= 11 is 0. The first-order valence-corrected chi connectivity index (χ1v) is 8.07. The number of hydrogen-bond acceptors (Lipinski definition) is 5. The summed E-state index contributed by atoms with van der Waals surface area (Å²) in [7, 11) is 0. The molecule has 0 unspecified atom stereocenters. The second-order valence-corrected chi connectivity index (χ2v) is 6.42. The summed E-state index contributed by atoms with van der Waals surface area (Å²) in [6.07, 6.45) is -3.91. The SMILES string of the molecule is O=C(Cc1ccc([N+](=O)[O-])cc1)N1N=C2CCCC[C@H]2[C@]1(O)C(F)(F)F. The van der Waals surface area contributed by atoms with Gasteiger partial charge in [-0.2, -0.15) is 23.3 Å². The highest BCUT2D eigenvalue weighted by Crippen LogP contribution is 2.48. The van der Waals surface area contributed by atoms with Gasteiger partial charge in [-0.05, 0) is 24.8 Å². The third kappa shape index (κ3) is 2.94. The fourth-order valence-electron chi connectivity index (χ4n) is 3.45. The van der Waals surface area contributed by atoms with E-state index in [1.165, 1.54) is 12.1 Å². The van der Waals surface area contributed by atoms with Crippen LogP contribution in [0, 0.1) is 16.0 Å². The molecule has 1 aromatic carbocycles. The van der Waals surface area contributed by atoms with Crippen LogP contribution in [0.2, 0.25) is 0 Å². The fraction of sp³-hybridized carbons (Fsp3) is 0.500. The first kappa shape index (κ1) is 18.3. The van der Waals surface area contributed by atoms with Crippen molar-refractivity contribution in [2.45, 2.75) is 44.0 Å². The van der Waals surface area contributed by atoms with Gasteiger partial charge in [0.15, 0.2) is 0 Å². The van der Waals surface area contributed by atoms with Gasteiger partial charge in [-0.1, -0.05) is 18.6 Å². The summed E-state index contributed by atoms with van der Waals surface area (Å²) in [6.45, 7) is 0. The lowest BCUT2D eigenvalue weighted by molar-refractivity contribution is -0.384. The molecule has 2 aliphatic rings. The van der Waals surface area contributed by atoms with Crippen LogP contribution in [0.25, 0.3) is 0 Å². The van der Waals surface area contributed by atoms with Crippen LogP contribution in [0.1, 0.15) is 31.2 Å². The first-order chi connectivity index (χ1) is 12.1. The van der Waals surface area contributed by atoms with Crippen LogP contribution in [0.5, 0.6) is 0 Å². The molecule has 7 nitrogen and oxygen atoms in total. The van der Waals surface area contributed by atoms with Gasteiger partial charge in [0, 0.05) is 17.8 Å². The number of nitro groups is 1. The molecule has 1 amide bonds. The number of amides is 1. The second-order valence-electron chi connectivity index (χ2n) is 6.42. The lowest BCUT2D eigenvalue weighted by atomic mass is 9.80. The Balaban J connectivity index is 1.86. The van der Waals surface area contributed by atoms with E-state index in [1.807, 2.05) is 0 Å². The Morgan fingerprint density at radius 1 is 1.35 bits per heavy atom. The first-order valence-electron chi connectivity index (χ1n) is 8.07. The topological polar surface area (TPSA) is 96.0 Å². The third-order valence-electron chi connectivity index (χ3n) is 4.77. The average Bonchev–Trinajstić information content (AvgIpc) is 2.90. The quantitative estimate of drug-likeness (QED) is 0.653. The van der Waals surface area contributed by atoms with Crippen LogP contribution in [0.4, 0.5) is 18.9 Å². The Morgan fingerprint density at radius 2 is 2.00 bits per heavy atom. The van der Waals surface area contributed by atoms with Gasteiger partial charge in [-0.15, -0.1) is 0 Å². The minimum absolute atomic E-state index is 0.107. The maximum absolute atomic E-state index is 13.6. The number of hydrazone groups is 1. The molecule has 3 rings (SSSR count). The summed E-state index contributed by atoms with van der Waals surface area (Å²) < 4.78 is 40.8. The maximum Gasteiger partial charge on any atom is 0.439 e. The number of carbonyl (C=O) groups excluding carboxylic acids is 1. The molecule has 26 heavy (non-hydrogen) atoms. The number of halogens is 3. The summed E-state index contributed by atoms with van der Waals surface area (Å²) in [5.74, 6) is -2.27. The van der Waals surface area contributed by atoms with E-state index in [0.717, 1.165) is 12.1 Å². The highest BCUT2D eigenvalue weighted by molar-refractivity contribution is 5.93. The number of nitrogens with zero attached hydrogens (tertiary/aromatic N) is 3. The standard InChI is InChI=1S/C16H16F3N3O4/c17-16(18,19)15(24)12-3-1-2-4-13(12)20-21(15)14(23)9-10-5-7-11(8-6-10)22(25)26/h5-8,12,24H,1-4,9H2/t12-,15+/m1/s1. The monoisotopic (exact) mass is 371 g/mol. The molecule has 1 N–H and O–H groups in total. The Morgan fingerprint density at radius 3 is 2.58 bits per heavy atom. The van der Waals surface area contributed by atoms with E-state index in [1.54, 1.807) is 0 Å². The number of aliphatic hydroxyl groups is 1. The largest absolute Gasteiger partial charge is 0.439 e. The van der Waals surface area contributed by atoms with Crippen molar-refractivity contribution in [3.8, 4) is 0 Å². The van der Waals surface area contributed by atoms with Gasteiger partial charge in [-0.25, -0.2) is 0 Å². The van der Waals surface area contributed by atoms with Crippen molar-refractivity contribution in [3.05, 3.63) is 39.9 Å². The van der Waals surface area contributed by atoms with Gasteiger partial charge in [0.05, 0.1) is 17.3 Å². The number of fused-ring (bicyclic) bond motifs is 1. The van der Waals surface area contributed by atoms with E-state index in [0.29, 0.717) is 24.8 Å². The van der Waals surface area contributed by atoms with E-state index in [2.05, 4.69) is 5.10 Å². The molecule has 1 heterocycles. The van der Waals surface area contributed by atoms with Crippen LogP contribution in [0.3, 0.4) is 0 Å². The zero-order valence-corrected chi connectivity index (χ0v) is 13.6. The number of hydrogen-bond donors (Lipinski definition) is 1. The molecule has 2 atom stereocenters. The van der Waals surface area contributed by atoms with Crippen molar-refractivity contribution in [1.82, 2.24) is 5.01 Å². The van der Waals surface area contributed by atoms with Crippen molar-refractivity contribution in [2.24, 2.45) is 11.0 Å². The summed E-state index contributed by atoms with van der Waals surface area (Å²) in [6, 6.07) is 4.90. The van der Waals surface area contributed by atoms with E-state index in [4.69, 9.17) is 0 Å². The molecule has 1 fully saturated rings. The van der Waals surface area contributed by atoms with E-state index in [-0.39, 0.29) is 22.8 Å². The van der Waals surface area contributed by atoms with Gasteiger partial charge in [-0.3, -0.25) is 14.9 Å². The van der Waals surface area contributed by atoms with Gasteiger partial charge in [0.2, 0.25) is 5.91 Å². The Kier molecular flexibility index (Phi) is 4.47. The number of nitro benzene ring substituents is 1. The van der Waals surface area contributed by atoms with Crippen molar-refractivity contribution in [1.29, 1.82) is 0 Å². The van der Waals surface area contributed by atoms with Crippen LogP contribution in [0.15, 0.2) is 29.4 Å². The molecule has 0 spiro atoms. The van der Waals surface area contributed by atoms with Gasteiger partial charge >= 0.3 is 6.18 Å². The second kappa shape index (κ2) is 6.35. The van der Waals surface area contributed by atoms with E-state index >= 15 is 0 Å². The summed E-state index contributed by atoms with van der Waals surface area (Å²) in [5, 5.41) is 25.0. The number of non-ortho nitro benzene ring substituents is 1. The van der Waals surface area contributed by atoms with Crippen molar-refractivity contribution >= 4 is 17.3 Å². The molecule has 140 valence electrons. The average molecular weight is 371 g/mol. The molecule has 1 aromatic rings. The molecule has 0 radical (unpaired) electrons. The highest BCUT2D eigenvalue weighted by atomic mass is 19.4. The third-order valence-corrected chi connectivity index (χ3v) is 4.77. The molecular weight excluding hydrogens is 355 g/mol. The van der Waals surface area contributed by atoms with Crippen LogP contribution >= 0.6 is 0 Å². The van der Waals surface area contributed by atoms with Crippen molar-refractivity contribution in [3.63, 3.8) is 0 Å². The lowest BCUT2D eigenvalue weighted by Gasteiger charge is -2.38. The molecule has 0 saturated heterocycles. The van der Waals surface area contributed by atoms with Gasteiger partial charge in [0.1, 0.15) is 0 Å². The van der Waals surface area contributed by atoms with Crippen molar-refractivity contribution < 1.29 is 28.0 Å². The molecule has 1 aliphatic carbocycles. The fourth-order valence-corrected chi connectivity index (χ4v) is 3.45. The zero-order chi connectivity index (χ0) is 19.1. The lowest BCUT2D eigenvalue weighted by Crippen LogP contribution is -2.61.